The van der Waals surface area contributed by atoms with Crippen LogP contribution < -0.4 is 0 Å². The Morgan fingerprint density at radius 1 is 1.31 bits per heavy atom. The summed E-state index contributed by atoms with van der Waals surface area (Å²) in [5, 5.41) is 0. The van der Waals surface area contributed by atoms with Gasteiger partial charge in [0.2, 0.25) is 0 Å². The van der Waals surface area contributed by atoms with Gasteiger partial charge in [-0.2, -0.15) is 0 Å². The Balaban J connectivity index is 3.96. The molecule has 0 radical (unpaired) electrons. The normalized spacial score (nSPS) is 13.6. The highest BCUT2D eigenvalue weighted by Crippen LogP contribution is 2.11. The van der Waals surface area contributed by atoms with Gasteiger partial charge in [-0.1, -0.05) is 6.92 Å². The summed E-state index contributed by atoms with van der Waals surface area (Å²) in [6.45, 7) is 8.64. The molecule has 0 unspecified atom stereocenters. The van der Waals surface area contributed by atoms with Crippen molar-refractivity contribution >= 4 is 11.8 Å². The van der Waals surface area contributed by atoms with Crippen LogP contribution in [0.5, 0.6) is 0 Å². The largest absolute Gasteiger partial charge is 0.460 e. The van der Waals surface area contributed by atoms with Crippen LogP contribution in [0.1, 0.15) is 41.0 Å². The molecular formula is C10H18O3. The van der Waals surface area contributed by atoms with Crippen LogP contribution in [0.25, 0.3) is 0 Å². The van der Waals surface area contributed by atoms with Gasteiger partial charge in [-0.15, -0.1) is 0 Å². The van der Waals surface area contributed by atoms with Gasteiger partial charge in [-0.3, -0.25) is 9.59 Å². The van der Waals surface area contributed by atoms with Crippen LogP contribution in [0, 0.1) is 5.92 Å². The summed E-state index contributed by atoms with van der Waals surface area (Å²) in [6, 6.07) is 0. The predicted octanol–water partition coefficient (Wildman–Crippen LogP) is 1.94. The lowest BCUT2D eigenvalue weighted by Gasteiger charge is -2.20. The van der Waals surface area contributed by atoms with Crippen molar-refractivity contribution in [2.24, 2.45) is 5.92 Å². The third kappa shape index (κ3) is 6.31. The zero-order valence-corrected chi connectivity index (χ0v) is 9.01. The fourth-order valence-corrected chi connectivity index (χ4v) is 0.777. The Kier molecular flexibility index (Phi) is 4.11. The second-order valence-corrected chi connectivity index (χ2v) is 4.30. The Morgan fingerprint density at radius 3 is 2.08 bits per heavy atom. The van der Waals surface area contributed by atoms with Crippen LogP contribution in [0.4, 0.5) is 0 Å². The Hall–Kier alpha value is -0.860. The number of carbonyl (C=O) groups excluding carboxylic acids is 2. The second-order valence-electron chi connectivity index (χ2n) is 4.30. The molecule has 0 N–H and O–H groups in total. The highest BCUT2D eigenvalue weighted by molar-refractivity contribution is 5.83. The van der Waals surface area contributed by atoms with E-state index < -0.39 is 5.60 Å². The van der Waals surface area contributed by atoms with Gasteiger partial charge >= 0.3 is 5.97 Å². The molecule has 13 heavy (non-hydrogen) atoms. The molecule has 0 spiro atoms. The van der Waals surface area contributed by atoms with Gasteiger partial charge < -0.3 is 4.74 Å². The molecule has 0 amide bonds. The van der Waals surface area contributed by atoms with Gasteiger partial charge in [-0.05, 0) is 27.7 Å². The fourth-order valence-electron chi connectivity index (χ4n) is 0.777. The van der Waals surface area contributed by atoms with Crippen molar-refractivity contribution < 1.29 is 14.3 Å². The van der Waals surface area contributed by atoms with E-state index in [1.807, 2.05) is 20.8 Å². The molecule has 0 rings (SSSR count). The average Bonchev–Trinajstić information content (AvgIpc) is 1.81. The van der Waals surface area contributed by atoms with Crippen molar-refractivity contribution in [3.05, 3.63) is 0 Å². The van der Waals surface area contributed by atoms with E-state index >= 15 is 0 Å². The molecule has 0 aromatic carbocycles. The van der Waals surface area contributed by atoms with Crippen molar-refractivity contribution in [3.8, 4) is 0 Å². The van der Waals surface area contributed by atoms with Gasteiger partial charge in [0.25, 0.3) is 0 Å². The Labute approximate surface area is 79.5 Å². The maximum absolute atomic E-state index is 11.2. The van der Waals surface area contributed by atoms with Crippen molar-refractivity contribution in [2.45, 2.75) is 46.6 Å². The lowest BCUT2D eigenvalue weighted by molar-refractivity contribution is -0.156. The molecule has 3 heteroatoms. The first kappa shape index (κ1) is 12.1. The van der Waals surface area contributed by atoms with Crippen LogP contribution in [-0.4, -0.2) is 17.4 Å². The SMILES string of the molecule is CC(=O)[C@@H](C)CC(=O)OC(C)(C)C. The van der Waals surface area contributed by atoms with Crippen LogP contribution in [0.15, 0.2) is 0 Å². The molecule has 1 atom stereocenters. The molecule has 3 nitrogen and oxygen atoms in total. The summed E-state index contributed by atoms with van der Waals surface area (Å²) in [5.41, 5.74) is -0.465. The van der Waals surface area contributed by atoms with Crippen LogP contribution in [0.2, 0.25) is 0 Å². The van der Waals surface area contributed by atoms with Crippen LogP contribution >= 0.6 is 0 Å². The Bertz CT molecular complexity index is 201. The quantitative estimate of drug-likeness (QED) is 0.633. The summed E-state index contributed by atoms with van der Waals surface area (Å²) < 4.78 is 5.07. The maximum Gasteiger partial charge on any atom is 0.307 e. The summed E-state index contributed by atoms with van der Waals surface area (Å²) >= 11 is 0. The van der Waals surface area contributed by atoms with Gasteiger partial charge in [0, 0.05) is 5.92 Å². The van der Waals surface area contributed by atoms with Gasteiger partial charge in [0.15, 0.2) is 0 Å². The third-order valence-electron chi connectivity index (χ3n) is 1.59. The predicted molar refractivity (Wildman–Crippen MR) is 50.3 cm³/mol. The average molecular weight is 186 g/mol. The van der Waals surface area contributed by atoms with Crippen molar-refractivity contribution in [2.75, 3.05) is 0 Å². The van der Waals surface area contributed by atoms with E-state index in [2.05, 4.69) is 0 Å². The smallest absolute Gasteiger partial charge is 0.307 e. The van der Waals surface area contributed by atoms with Crippen LogP contribution in [-0.2, 0) is 14.3 Å². The van der Waals surface area contributed by atoms with E-state index in [1.165, 1.54) is 6.92 Å². The van der Waals surface area contributed by atoms with Crippen molar-refractivity contribution in [1.82, 2.24) is 0 Å². The monoisotopic (exact) mass is 186 g/mol. The topological polar surface area (TPSA) is 43.4 Å². The lowest BCUT2D eigenvalue weighted by Crippen LogP contribution is -2.25. The highest BCUT2D eigenvalue weighted by atomic mass is 16.6. The molecular weight excluding hydrogens is 168 g/mol. The second kappa shape index (κ2) is 4.40. The summed E-state index contributed by atoms with van der Waals surface area (Å²) in [7, 11) is 0. The number of ketones is 1. The van der Waals surface area contributed by atoms with E-state index in [-0.39, 0.29) is 24.1 Å². The fraction of sp³-hybridized carbons (Fsp3) is 0.800. The lowest BCUT2D eigenvalue weighted by atomic mass is 10.0. The minimum Gasteiger partial charge on any atom is -0.460 e. The first-order valence-corrected chi connectivity index (χ1v) is 4.44. The van der Waals surface area contributed by atoms with Gasteiger partial charge in [-0.25, -0.2) is 0 Å². The van der Waals surface area contributed by atoms with Crippen LogP contribution in [0.3, 0.4) is 0 Å². The molecule has 0 heterocycles. The number of Topliss-reactive ketones (excluding diaryl/α,β-unsaturated/α-hetero) is 1. The Morgan fingerprint density at radius 2 is 1.77 bits per heavy atom. The summed E-state index contributed by atoms with van der Waals surface area (Å²) in [4.78, 5) is 22.0. The molecule has 0 fully saturated rings. The molecule has 0 aromatic heterocycles. The van der Waals surface area contributed by atoms with E-state index in [4.69, 9.17) is 4.74 Å². The van der Waals surface area contributed by atoms with E-state index in [9.17, 15) is 9.59 Å². The number of hydrogen-bond donors (Lipinski definition) is 0. The minimum atomic E-state index is -0.465. The number of rotatable bonds is 3. The van der Waals surface area contributed by atoms with Gasteiger partial charge in [0.05, 0.1) is 6.42 Å². The number of ether oxygens (including phenoxy) is 1. The minimum absolute atomic E-state index is 0.0193. The van der Waals surface area contributed by atoms with Crippen molar-refractivity contribution in [3.63, 3.8) is 0 Å². The third-order valence-corrected chi connectivity index (χ3v) is 1.59. The van der Waals surface area contributed by atoms with E-state index in [0.717, 1.165) is 0 Å². The zero-order chi connectivity index (χ0) is 10.6. The molecule has 0 saturated carbocycles. The number of esters is 1. The van der Waals surface area contributed by atoms with E-state index in [1.54, 1.807) is 6.92 Å². The molecule has 0 bridgehead atoms. The molecule has 0 aliphatic rings. The van der Waals surface area contributed by atoms with Crippen molar-refractivity contribution in [1.29, 1.82) is 0 Å². The zero-order valence-electron chi connectivity index (χ0n) is 9.01. The highest BCUT2D eigenvalue weighted by Gasteiger charge is 2.19. The number of hydrogen-bond acceptors (Lipinski definition) is 3. The first-order chi connectivity index (χ1) is 5.72. The standard InChI is InChI=1S/C10H18O3/c1-7(8(2)11)6-9(12)13-10(3,4)5/h7H,6H2,1-5H3/t7-/m0/s1. The van der Waals surface area contributed by atoms with E-state index in [0.29, 0.717) is 0 Å². The molecule has 0 aliphatic carbocycles. The molecule has 76 valence electrons. The molecule has 0 saturated heterocycles. The number of carbonyl (C=O) groups is 2. The first-order valence-electron chi connectivity index (χ1n) is 4.44. The van der Waals surface area contributed by atoms with Gasteiger partial charge in [0.1, 0.15) is 11.4 Å². The summed E-state index contributed by atoms with van der Waals surface area (Å²) in [5.74, 6) is -0.532. The molecule has 0 aromatic rings. The maximum atomic E-state index is 11.2. The summed E-state index contributed by atoms with van der Waals surface area (Å²) in [6.07, 6.45) is 0.173. The molecule has 0 aliphatic heterocycles.